The number of halogens is 1. The van der Waals surface area contributed by atoms with E-state index < -0.39 is 0 Å². The van der Waals surface area contributed by atoms with Crippen molar-refractivity contribution < 1.29 is 4.74 Å². The van der Waals surface area contributed by atoms with Gasteiger partial charge in [-0.15, -0.1) is 0 Å². The molecule has 0 unspecified atom stereocenters. The number of hydrogen-bond donors (Lipinski definition) is 0. The van der Waals surface area contributed by atoms with E-state index in [1.165, 1.54) is 0 Å². The van der Waals surface area contributed by atoms with E-state index >= 15 is 0 Å². The van der Waals surface area contributed by atoms with Gasteiger partial charge in [-0.05, 0) is 11.6 Å². The lowest BCUT2D eigenvalue weighted by molar-refractivity contribution is -0.171. The van der Waals surface area contributed by atoms with Gasteiger partial charge in [0, 0.05) is 10.4 Å². The lowest BCUT2D eigenvalue weighted by Gasteiger charge is -2.44. The van der Waals surface area contributed by atoms with Gasteiger partial charge in [-0.25, -0.2) is 0 Å². The van der Waals surface area contributed by atoms with Crippen molar-refractivity contribution in [2.75, 3.05) is 6.61 Å². The molecule has 2 heteroatoms. The minimum atomic E-state index is 0.168. The molecule has 0 radical (unpaired) electrons. The van der Waals surface area contributed by atoms with Gasteiger partial charge >= 0.3 is 0 Å². The van der Waals surface area contributed by atoms with Gasteiger partial charge in [0.15, 0.2) is 0 Å². The molecule has 1 aromatic carbocycles. The molecule has 0 saturated carbocycles. The van der Waals surface area contributed by atoms with Crippen LogP contribution in [-0.4, -0.2) is 6.61 Å². The third-order valence-electron chi connectivity index (χ3n) is 2.52. The number of hydrogen-bond acceptors (Lipinski definition) is 1. The average Bonchev–Trinajstić information content (AvgIpc) is 2.07. The second kappa shape index (κ2) is 3.00. The van der Waals surface area contributed by atoms with E-state index in [0.717, 1.165) is 17.2 Å². The Hall–Kier alpha value is -0.530. The zero-order chi connectivity index (χ0) is 9.47. The normalized spacial score (nSPS) is 25.3. The summed E-state index contributed by atoms with van der Waals surface area (Å²) in [7, 11) is 0. The second-order valence-corrected chi connectivity index (χ2v) is 4.61. The average molecular weight is 197 g/mol. The number of benzene rings is 1. The van der Waals surface area contributed by atoms with Crippen molar-refractivity contribution >= 4 is 11.6 Å². The van der Waals surface area contributed by atoms with Crippen LogP contribution in [0.25, 0.3) is 0 Å². The van der Waals surface area contributed by atoms with Crippen LogP contribution in [0.4, 0.5) is 0 Å². The van der Waals surface area contributed by atoms with E-state index in [1.807, 2.05) is 24.3 Å². The van der Waals surface area contributed by atoms with Crippen LogP contribution < -0.4 is 0 Å². The first-order valence-electron chi connectivity index (χ1n) is 4.47. The summed E-state index contributed by atoms with van der Waals surface area (Å²) >= 11 is 6.08. The van der Waals surface area contributed by atoms with Crippen LogP contribution >= 0.6 is 11.6 Å². The molecule has 1 fully saturated rings. The molecule has 0 aromatic heterocycles. The summed E-state index contributed by atoms with van der Waals surface area (Å²) in [5.74, 6) is 0. The quantitative estimate of drug-likeness (QED) is 0.669. The molecule has 1 heterocycles. The lowest BCUT2D eigenvalue weighted by Crippen LogP contribution is -2.40. The SMILES string of the molecule is CC1(C)CO[C@H]1c1ccccc1Cl. The minimum Gasteiger partial charge on any atom is -0.372 e. The van der Waals surface area contributed by atoms with Gasteiger partial charge in [-0.3, -0.25) is 0 Å². The molecule has 13 heavy (non-hydrogen) atoms. The predicted octanol–water partition coefficient (Wildman–Crippen LogP) is 3.44. The Morgan fingerprint density at radius 3 is 2.54 bits per heavy atom. The Balaban J connectivity index is 2.32. The van der Waals surface area contributed by atoms with Crippen molar-refractivity contribution in [3.8, 4) is 0 Å². The maximum Gasteiger partial charge on any atom is 0.0912 e. The number of ether oxygens (including phenoxy) is 1. The monoisotopic (exact) mass is 196 g/mol. The fourth-order valence-corrected chi connectivity index (χ4v) is 1.93. The van der Waals surface area contributed by atoms with Crippen molar-refractivity contribution in [1.82, 2.24) is 0 Å². The van der Waals surface area contributed by atoms with Gasteiger partial charge in [0.2, 0.25) is 0 Å². The van der Waals surface area contributed by atoms with E-state index in [9.17, 15) is 0 Å². The van der Waals surface area contributed by atoms with Gasteiger partial charge in [0.05, 0.1) is 12.7 Å². The molecule has 0 N–H and O–H groups in total. The third-order valence-corrected chi connectivity index (χ3v) is 2.86. The summed E-state index contributed by atoms with van der Waals surface area (Å²) in [4.78, 5) is 0. The Kier molecular flexibility index (Phi) is 2.09. The summed E-state index contributed by atoms with van der Waals surface area (Å²) in [5.41, 5.74) is 1.34. The van der Waals surface area contributed by atoms with Crippen LogP contribution in [-0.2, 0) is 4.74 Å². The third kappa shape index (κ3) is 1.47. The first-order chi connectivity index (χ1) is 6.11. The molecule has 70 valence electrons. The fourth-order valence-electron chi connectivity index (χ4n) is 1.70. The first-order valence-corrected chi connectivity index (χ1v) is 4.85. The molecule has 1 atom stereocenters. The van der Waals surface area contributed by atoms with E-state index in [-0.39, 0.29) is 11.5 Å². The Labute approximate surface area is 83.7 Å². The maximum absolute atomic E-state index is 6.08. The minimum absolute atomic E-state index is 0.168. The molecule has 0 bridgehead atoms. The lowest BCUT2D eigenvalue weighted by atomic mass is 9.79. The summed E-state index contributed by atoms with van der Waals surface area (Å²) < 4.78 is 5.53. The van der Waals surface area contributed by atoms with Gasteiger partial charge in [0.1, 0.15) is 0 Å². The van der Waals surface area contributed by atoms with Crippen molar-refractivity contribution in [3.05, 3.63) is 34.9 Å². The van der Waals surface area contributed by atoms with E-state index in [4.69, 9.17) is 16.3 Å². The van der Waals surface area contributed by atoms with Crippen molar-refractivity contribution in [2.24, 2.45) is 5.41 Å². The van der Waals surface area contributed by atoms with Crippen LogP contribution in [0.2, 0.25) is 5.02 Å². The highest BCUT2D eigenvalue weighted by Gasteiger charge is 2.41. The van der Waals surface area contributed by atoms with Crippen molar-refractivity contribution in [1.29, 1.82) is 0 Å². The van der Waals surface area contributed by atoms with Crippen molar-refractivity contribution in [3.63, 3.8) is 0 Å². The predicted molar refractivity (Wildman–Crippen MR) is 53.9 cm³/mol. The highest BCUT2D eigenvalue weighted by molar-refractivity contribution is 6.31. The van der Waals surface area contributed by atoms with Gasteiger partial charge in [0.25, 0.3) is 0 Å². The van der Waals surface area contributed by atoms with Gasteiger partial charge in [-0.2, -0.15) is 0 Å². The van der Waals surface area contributed by atoms with Crippen LogP contribution in [0, 0.1) is 5.41 Å². The standard InChI is InChI=1S/C11H13ClO/c1-11(2)7-13-10(11)8-5-3-4-6-9(8)12/h3-6,10H,7H2,1-2H3/t10-/m0/s1. The molecule has 1 saturated heterocycles. The molecule has 2 rings (SSSR count). The van der Waals surface area contributed by atoms with Gasteiger partial charge < -0.3 is 4.74 Å². The highest BCUT2D eigenvalue weighted by atomic mass is 35.5. The summed E-state index contributed by atoms with van der Waals surface area (Å²) in [6, 6.07) is 7.89. The summed E-state index contributed by atoms with van der Waals surface area (Å²) in [6.07, 6.45) is 0.168. The molecule has 1 aliphatic heterocycles. The Morgan fingerprint density at radius 1 is 1.38 bits per heavy atom. The largest absolute Gasteiger partial charge is 0.372 e. The van der Waals surface area contributed by atoms with Crippen LogP contribution in [0.15, 0.2) is 24.3 Å². The van der Waals surface area contributed by atoms with Crippen LogP contribution in [0.5, 0.6) is 0 Å². The first kappa shape index (κ1) is 9.04. The molecule has 0 amide bonds. The molecular weight excluding hydrogens is 184 g/mol. The zero-order valence-corrected chi connectivity index (χ0v) is 8.64. The fraction of sp³-hybridized carbons (Fsp3) is 0.455. The van der Waals surface area contributed by atoms with E-state index in [2.05, 4.69) is 13.8 Å². The highest BCUT2D eigenvalue weighted by Crippen LogP contribution is 2.47. The maximum atomic E-state index is 6.08. The molecule has 0 spiro atoms. The Bertz CT molecular complexity index is 320. The zero-order valence-electron chi connectivity index (χ0n) is 7.88. The molecular formula is C11H13ClO. The molecule has 1 aromatic rings. The van der Waals surface area contributed by atoms with Gasteiger partial charge in [-0.1, -0.05) is 43.6 Å². The molecule has 0 aliphatic carbocycles. The smallest absolute Gasteiger partial charge is 0.0912 e. The molecule has 1 aliphatic rings. The summed E-state index contributed by atoms with van der Waals surface area (Å²) in [5, 5.41) is 0.806. The summed E-state index contributed by atoms with van der Waals surface area (Å²) in [6.45, 7) is 5.22. The second-order valence-electron chi connectivity index (χ2n) is 4.20. The number of rotatable bonds is 1. The van der Waals surface area contributed by atoms with Crippen LogP contribution in [0.3, 0.4) is 0 Å². The topological polar surface area (TPSA) is 9.23 Å². The Morgan fingerprint density at radius 2 is 2.08 bits per heavy atom. The van der Waals surface area contributed by atoms with E-state index in [1.54, 1.807) is 0 Å². The van der Waals surface area contributed by atoms with Crippen molar-refractivity contribution in [2.45, 2.75) is 20.0 Å². The van der Waals surface area contributed by atoms with E-state index in [0.29, 0.717) is 0 Å². The van der Waals surface area contributed by atoms with Crippen LogP contribution in [0.1, 0.15) is 25.5 Å². The molecule has 1 nitrogen and oxygen atoms in total.